The number of pyridine rings is 2. The summed E-state index contributed by atoms with van der Waals surface area (Å²) in [5, 5.41) is 0.374. The van der Waals surface area contributed by atoms with Gasteiger partial charge >= 0.3 is 0 Å². The van der Waals surface area contributed by atoms with Gasteiger partial charge in [0.15, 0.2) is 5.58 Å². The number of hydrogen-bond acceptors (Lipinski definition) is 8. The van der Waals surface area contributed by atoms with Crippen LogP contribution in [-0.2, 0) is 4.74 Å². The van der Waals surface area contributed by atoms with Gasteiger partial charge in [0, 0.05) is 51.0 Å². The van der Waals surface area contributed by atoms with Crippen LogP contribution in [0.5, 0.6) is 5.88 Å². The number of fused-ring (bicyclic) bond motifs is 1. The molecular formula is C21H22ClN5O4. The Balaban J connectivity index is 1.20. The molecule has 9 nitrogen and oxygen atoms in total. The minimum atomic E-state index is -0.0462. The van der Waals surface area contributed by atoms with E-state index < -0.39 is 0 Å². The lowest BCUT2D eigenvalue weighted by Gasteiger charge is -2.33. The summed E-state index contributed by atoms with van der Waals surface area (Å²) in [6.07, 6.45) is 2.73. The molecular weight excluding hydrogens is 422 g/mol. The number of oxazole rings is 1. The second-order valence-electron chi connectivity index (χ2n) is 7.67. The van der Waals surface area contributed by atoms with E-state index in [2.05, 4.69) is 15.0 Å². The van der Waals surface area contributed by atoms with Crippen molar-refractivity contribution in [3.63, 3.8) is 0 Å². The fraction of sp³-hybridized carbons (Fsp3) is 0.429. The lowest BCUT2D eigenvalue weighted by atomic mass is 10.1. The van der Waals surface area contributed by atoms with Crippen LogP contribution in [0.25, 0.3) is 11.2 Å². The second kappa shape index (κ2) is 8.32. The summed E-state index contributed by atoms with van der Waals surface area (Å²) in [6.45, 7) is 5.51. The summed E-state index contributed by atoms with van der Waals surface area (Å²) in [7, 11) is 0. The maximum Gasteiger partial charge on any atom is 0.300 e. The van der Waals surface area contributed by atoms with Gasteiger partial charge in [-0.1, -0.05) is 11.6 Å². The molecule has 3 aromatic rings. The number of nitrogens with zero attached hydrogens (tertiary/aromatic N) is 5. The fourth-order valence-corrected chi connectivity index (χ4v) is 3.76. The van der Waals surface area contributed by atoms with Gasteiger partial charge in [0.1, 0.15) is 11.8 Å². The molecule has 0 radical (unpaired) electrons. The van der Waals surface area contributed by atoms with Crippen molar-refractivity contribution < 1.29 is 18.7 Å². The molecule has 0 bridgehead atoms. The Kier molecular flexibility index (Phi) is 5.37. The molecule has 2 fully saturated rings. The first-order valence-electron chi connectivity index (χ1n) is 10.3. The quantitative estimate of drug-likeness (QED) is 0.555. The smallest absolute Gasteiger partial charge is 0.300 e. The van der Waals surface area contributed by atoms with Gasteiger partial charge in [-0.05, 0) is 25.1 Å². The molecule has 0 saturated carbocycles. The molecule has 31 heavy (non-hydrogen) atoms. The molecule has 0 N–H and O–H groups in total. The van der Waals surface area contributed by atoms with E-state index in [0.29, 0.717) is 66.6 Å². The van der Waals surface area contributed by atoms with E-state index in [4.69, 9.17) is 25.5 Å². The first kappa shape index (κ1) is 20.0. The zero-order valence-electron chi connectivity index (χ0n) is 17.1. The number of anilines is 1. The van der Waals surface area contributed by atoms with Gasteiger partial charge in [0.05, 0.1) is 11.7 Å². The maximum atomic E-state index is 12.9. The number of aromatic nitrogens is 3. The van der Waals surface area contributed by atoms with E-state index in [-0.39, 0.29) is 12.0 Å². The molecule has 0 aliphatic carbocycles. The van der Waals surface area contributed by atoms with Crippen LogP contribution < -0.4 is 9.64 Å². The molecule has 1 unspecified atom stereocenters. The fourth-order valence-electron chi connectivity index (χ4n) is 3.62. The number of rotatable bonds is 5. The Hall–Kier alpha value is -2.91. The van der Waals surface area contributed by atoms with E-state index in [9.17, 15) is 4.79 Å². The Morgan fingerprint density at radius 2 is 2.06 bits per heavy atom. The predicted octanol–water partition coefficient (Wildman–Crippen LogP) is 2.71. The van der Waals surface area contributed by atoms with Gasteiger partial charge < -0.3 is 23.7 Å². The van der Waals surface area contributed by atoms with Gasteiger partial charge in [0.2, 0.25) is 11.5 Å². The number of halogens is 1. The van der Waals surface area contributed by atoms with Gasteiger partial charge in [-0.25, -0.2) is 9.97 Å². The van der Waals surface area contributed by atoms with E-state index in [1.807, 2.05) is 22.8 Å². The monoisotopic (exact) mass is 443 g/mol. The van der Waals surface area contributed by atoms with Crippen LogP contribution in [0.3, 0.4) is 0 Å². The van der Waals surface area contributed by atoms with Crippen molar-refractivity contribution >= 4 is 34.8 Å². The summed E-state index contributed by atoms with van der Waals surface area (Å²) in [5.74, 6) is 0.497. The molecule has 3 aromatic heterocycles. The zero-order valence-corrected chi connectivity index (χ0v) is 17.8. The van der Waals surface area contributed by atoms with Crippen molar-refractivity contribution in [2.45, 2.75) is 19.4 Å². The third-order valence-corrected chi connectivity index (χ3v) is 5.73. The average molecular weight is 444 g/mol. The van der Waals surface area contributed by atoms with Crippen LogP contribution in [-0.4, -0.2) is 71.3 Å². The summed E-state index contributed by atoms with van der Waals surface area (Å²) >= 11 is 5.92. The summed E-state index contributed by atoms with van der Waals surface area (Å²) < 4.78 is 16.9. The standard InChI is InChI=1S/C21H22ClN5O4/c1-13-10-14(11-23-19(13)30-12-15-4-9-29-15)20(28)26-5-7-27(8-6-26)21-25-18-16(31-21)2-3-17(22)24-18/h2-3,10-11,15H,4-9,12H2,1H3. The molecule has 0 spiro atoms. The second-order valence-corrected chi connectivity index (χ2v) is 8.06. The summed E-state index contributed by atoms with van der Waals surface area (Å²) in [5.41, 5.74) is 2.46. The summed E-state index contributed by atoms with van der Waals surface area (Å²) in [6, 6.07) is 5.74. The molecule has 5 heterocycles. The molecule has 2 aliphatic heterocycles. The number of amides is 1. The Morgan fingerprint density at radius 1 is 1.26 bits per heavy atom. The van der Waals surface area contributed by atoms with Crippen LogP contribution in [0, 0.1) is 6.92 Å². The topological polar surface area (TPSA) is 93.8 Å². The normalized spacial score (nSPS) is 18.8. The molecule has 1 atom stereocenters. The van der Waals surface area contributed by atoms with Gasteiger partial charge in [-0.2, -0.15) is 4.98 Å². The molecule has 10 heteroatoms. The van der Waals surface area contributed by atoms with Gasteiger partial charge in [0.25, 0.3) is 11.9 Å². The SMILES string of the molecule is Cc1cc(C(=O)N2CCN(c3nc4nc(Cl)ccc4o3)CC2)cnc1OCC1CCO1. The third-order valence-electron chi connectivity index (χ3n) is 5.52. The molecule has 5 rings (SSSR count). The van der Waals surface area contributed by atoms with E-state index in [0.717, 1.165) is 18.6 Å². The highest BCUT2D eigenvalue weighted by Gasteiger charge is 2.26. The van der Waals surface area contributed by atoms with Crippen LogP contribution in [0.4, 0.5) is 6.01 Å². The first-order valence-corrected chi connectivity index (χ1v) is 10.6. The number of carbonyl (C=O) groups excluding carboxylic acids is 1. The number of ether oxygens (including phenoxy) is 2. The van der Waals surface area contributed by atoms with Crippen molar-refractivity contribution in [1.29, 1.82) is 0 Å². The predicted molar refractivity (Wildman–Crippen MR) is 114 cm³/mol. The number of carbonyl (C=O) groups is 1. The largest absolute Gasteiger partial charge is 0.475 e. The van der Waals surface area contributed by atoms with Crippen LogP contribution in [0.1, 0.15) is 22.3 Å². The van der Waals surface area contributed by atoms with Crippen molar-refractivity contribution in [1.82, 2.24) is 19.9 Å². The molecule has 0 aromatic carbocycles. The highest BCUT2D eigenvalue weighted by atomic mass is 35.5. The Morgan fingerprint density at radius 3 is 2.77 bits per heavy atom. The van der Waals surface area contributed by atoms with E-state index in [1.165, 1.54) is 0 Å². The minimum Gasteiger partial charge on any atom is -0.475 e. The maximum absolute atomic E-state index is 12.9. The zero-order chi connectivity index (χ0) is 21.4. The number of piperazine rings is 1. The highest BCUT2D eigenvalue weighted by molar-refractivity contribution is 6.29. The van der Waals surface area contributed by atoms with Crippen molar-refractivity contribution in [2.24, 2.45) is 0 Å². The van der Waals surface area contributed by atoms with Gasteiger partial charge in [-0.3, -0.25) is 4.79 Å². The van der Waals surface area contributed by atoms with E-state index >= 15 is 0 Å². The average Bonchev–Trinajstić information content (AvgIpc) is 3.16. The van der Waals surface area contributed by atoms with E-state index in [1.54, 1.807) is 18.3 Å². The van der Waals surface area contributed by atoms with Crippen molar-refractivity contribution in [3.05, 3.63) is 40.7 Å². The first-order chi connectivity index (χ1) is 15.1. The number of hydrogen-bond donors (Lipinski definition) is 0. The number of aryl methyl sites for hydroxylation is 1. The van der Waals surface area contributed by atoms with Crippen LogP contribution >= 0.6 is 11.6 Å². The lowest BCUT2D eigenvalue weighted by Crippen LogP contribution is -2.49. The lowest BCUT2D eigenvalue weighted by molar-refractivity contribution is -0.0728. The molecule has 162 valence electrons. The molecule has 2 aliphatic rings. The van der Waals surface area contributed by atoms with Gasteiger partial charge in [-0.15, -0.1) is 0 Å². The van der Waals surface area contributed by atoms with Crippen molar-refractivity contribution in [2.75, 3.05) is 44.3 Å². The van der Waals surface area contributed by atoms with Crippen LogP contribution in [0.15, 0.2) is 28.8 Å². The Labute approximate surface area is 183 Å². The van der Waals surface area contributed by atoms with Crippen molar-refractivity contribution in [3.8, 4) is 5.88 Å². The summed E-state index contributed by atoms with van der Waals surface area (Å²) in [4.78, 5) is 29.7. The molecule has 1 amide bonds. The van der Waals surface area contributed by atoms with Crippen LogP contribution in [0.2, 0.25) is 5.15 Å². The molecule has 2 saturated heterocycles. The third kappa shape index (κ3) is 4.15. The minimum absolute atomic E-state index is 0.0462. The Bertz CT molecular complexity index is 1110. The highest BCUT2D eigenvalue weighted by Crippen LogP contribution is 2.24.